The second-order valence-electron chi connectivity index (χ2n) is 33.9. The van der Waals surface area contributed by atoms with Crippen LogP contribution in [0.2, 0.25) is 0 Å². The highest BCUT2D eigenvalue weighted by Crippen LogP contribution is 2.24. The number of hydrogen-bond donors (Lipinski definition) is 36. The average Bonchev–Trinajstić information content (AvgIpc) is 1.80. The number of fused-ring (bicyclic) bond motifs is 1. The molecule has 4 aromatic carbocycles. The first-order valence-corrected chi connectivity index (χ1v) is 47.8. The number of thiol groups is 2. The number of amides is 18. The SMILES string of the molecule is N=C(N)NCCC[C@H](NC(=O)[C@H](CS)NC(=O)[C@H](CCCNC(N)=O)NC(=O)[C@H](CCCNC(=N)N)NC(=O)[C@H](Cc1ccc(O)cc1)NC(=O)[C@@H]1CCCN1C(=O)[C@@H](CCC(=O)O)NC(=O)[C@H](CCCCN)NC(=O)[C@H](CCCNC(N)=O)NC(=O)[C@H](Cc1ccc(O)cc1)NC(=O)[C@H](CS)NC(=O)[C@H](Cc1ccc2ccccc2c1)NC(=O)[C@H](CCCNC(=N)N)NC(=O)[C@@H](N)CCCNC(=N)N)C(N)=O. The van der Waals surface area contributed by atoms with Crippen LogP contribution in [0.15, 0.2) is 91.0 Å². The lowest BCUT2D eigenvalue weighted by Crippen LogP contribution is -2.61. The molecule has 4 aromatic rings. The van der Waals surface area contributed by atoms with Gasteiger partial charge >= 0.3 is 18.0 Å². The molecule has 52 nitrogen and oxygen atoms in total. The minimum Gasteiger partial charge on any atom is -0.508 e. The van der Waals surface area contributed by atoms with Gasteiger partial charge in [-0.2, -0.15) is 25.3 Å². The zero-order valence-corrected chi connectivity index (χ0v) is 81.0. The summed E-state index contributed by atoms with van der Waals surface area (Å²) < 4.78 is 0. The number of urea groups is 2. The number of benzene rings is 4. The molecule has 18 amide bonds. The number of primary amides is 3. The number of likely N-dealkylation sites (tertiary alicyclic amines) is 1. The van der Waals surface area contributed by atoms with Crippen molar-refractivity contribution in [1.29, 1.82) is 21.6 Å². The van der Waals surface area contributed by atoms with Gasteiger partial charge in [0.15, 0.2) is 23.8 Å². The summed E-state index contributed by atoms with van der Waals surface area (Å²) >= 11 is 8.67. The topological polar surface area (TPSA) is 900 Å². The number of carboxylic acid groups (broad SMARTS) is 1. The van der Waals surface area contributed by atoms with E-state index >= 15 is 28.8 Å². The number of carbonyl (C=O) groups excluding carboxylic acids is 16. The zero-order valence-electron chi connectivity index (χ0n) is 79.2. The van der Waals surface area contributed by atoms with E-state index in [-0.39, 0.29) is 209 Å². The smallest absolute Gasteiger partial charge is 0.312 e. The predicted molar refractivity (Wildman–Crippen MR) is 534 cm³/mol. The summed E-state index contributed by atoms with van der Waals surface area (Å²) in [6.07, 6.45) is -2.64. The van der Waals surface area contributed by atoms with Crippen molar-refractivity contribution < 1.29 is 96.8 Å². The minimum absolute atomic E-state index is 0.0116. The van der Waals surface area contributed by atoms with Gasteiger partial charge in [0.2, 0.25) is 82.7 Å². The highest BCUT2D eigenvalue weighted by molar-refractivity contribution is 7.80. The van der Waals surface area contributed by atoms with Gasteiger partial charge in [-0.3, -0.25) is 93.6 Å². The Morgan fingerprint density at radius 1 is 0.357 bits per heavy atom. The number of phenols is 2. The van der Waals surface area contributed by atoms with Crippen LogP contribution in [-0.4, -0.2) is 293 Å². The largest absolute Gasteiger partial charge is 0.508 e. The Balaban J connectivity index is 1.47. The molecule has 0 bridgehead atoms. The number of nitrogens with one attached hydrogen (secondary N) is 22. The summed E-state index contributed by atoms with van der Waals surface area (Å²) in [6.45, 7) is -0.0873. The van der Waals surface area contributed by atoms with E-state index in [4.69, 9.17) is 73.2 Å². The van der Waals surface area contributed by atoms with Crippen molar-refractivity contribution in [2.24, 2.45) is 51.6 Å². The second kappa shape index (κ2) is 63.0. The minimum atomic E-state index is -1.79. The molecule has 1 heterocycles. The fraction of sp³-hybridized carbons (Fsp3) is 0.517. The van der Waals surface area contributed by atoms with E-state index in [1.807, 2.05) is 18.2 Å². The highest BCUT2D eigenvalue weighted by Gasteiger charge is 2.42. The molecular formula is C89H138N32O20S2. The van der Waals surface area contributed by atoms with Crippen molar-refractivity contribution in [2.75, 3.05) is 63.9 Å². The lowest BCUT2D eigenvalue weighted by molar-refractivity contribution is -0.143. The van der Waals surface area contributed by atoms with Gasteiger partial charge in [0.05, 0.1) is 6.04 Å². The number of nitrogens with zero attached hydrogens (tertiary/aromatic N) is 1. The van der Waals surface area contributed by atoms with E-state index in [2.05, 4.69) is 121 Å². The van der Waals surface area contributed by atoms with E-state index in [0.717, 1.165) is 15.7 Å². The van der Waals surface area contributed by atoms with E-state index in [0.29, 0.717) is 23.1 Å². The molecular weight excluding hydrogens is 1900 g/mol. The summed E-state index contributed by atoms with van der Waals surface area (Å²) in [6, 6.07) is -0.102. The number of hydrogen-bond acceptors (Lipinski definition) is 27. The third-order valence-corrected chi connectivity index (χ3v) is 23.4. The molecule has 0 unspecified atom stereocenters. The highest BCUT2D eigenvalue weighted by atomic mass is 32.1. The maximum atomic E-state index is 15.2. The third kappa shape index (κ3) is 44.6. The maximum Gasteiger partial charge on any atom is 0.312 e. The summed E-state index contributed by atoms with van der Waals surface area (Å²) in [5.74, 6) is -17.9. The van der Waals surface area contributed by atoms with E-state index in [1.54, 1.807) is 24.3 Å². The van der Waals surface area contributed by atoms with Crippen LogP contribution < -0.4 is 147 Å². The fourth-order valence-electron chi connectivity index (χ4n) is 15.1. The predicted octanol–water partition coefficient (Wildman–Crippen LogP) is -7.30. The number of aromatic hydroxyl groups is 2. The monoisotopic (exact) mass is 2040 g/mol. The first-order chi connectivity index (χ1) is 68.0. The molecule has 1 fully saturated rings. The molecule has 0 spiro atoms. The molecule has 0 aliphatic carbocycles. The van der Waals surface area contributed by atoms with Crippen LogP contribution in [0, 0.1) is 21.6 Å². The first kappa shape index (κ1) is 119. The molecule has 143 heavy (non-hydrogen) atoms. The van der Waals surface area contributed by atoms with Crippen LogP contribution >= 0.6 is 25.3 Å². The van der Waals surface area contributed by atoms with Crippen LogP contribution in [0.1, 0.15) is 139 Å². The third-order valence-electron chi connectivity index (χ3n) is 22.6. The molecule has 1 aliphatic rings. The number of nitrogens with two attached hydrogens (primary N) is 9. The summed E-state index contributed by atoms with van der Waals surface area (Å²) in [5, 5.41) is 109. The van der Waals surface area contributed by atoms with Crippen molar-refractivity contribution in [2.45, 2.75) is 226 Å². The fourth-order valence-corrected chi connectivity index (χ4v) is 15.6. The number of phenolic OH excluding ortho intramolecular Hbond substituents is 2. The van der Waals surface area contributed by atoms with Crippen LogP contribution in [0.5, 0.6) is 11.5 Å². The number of guanidine groups is 4. The Morgan fingerprint density at radius 3 is 1.05 bits per heavy atom. The van der Waals surface area contributed by atoms with Gasteiger partial charge in [0, 0.05) is 83.0 Å². The Kier molecular flexibility index (Phi) is 52.2. The van der Waals surface area contributed by atoms with Gasteiger partial charge in [-0.05, 0) is 174 Å². The number of unbranched alkanes of at least 4 members (excludes halogenated alkanes) is 1. The standard InChI is InChI=1S/C89H138N32O20S2/c90-34-4-3-15-57(111-72(128)60(19-9-39-107-88(101)140)113-77(133)63(43-48-23-28-53(122)29-24-48)117-81(137)67(47-143)120-79(135)65(45-50-22-27-51-12-1-2-13-52(51)42-50)116-75(131)58(17-7-37-105-86(97)98)110-71(127)55(91)14-5-35-103-84(93)94)74(130)115-62(32-33-69(124)125)83(139)121-41-11-21-68(121)82(138)118-64(44-49-25-30-54(123)31-26-49)78(134)114-59(18-8-38-106-87(99)100)73(129)112-61(20-10-40-108-89(102)141)76(132)119-66(46-142)80(136)109-56(70(92)126)16-6-36-104-85(95)96/h1-2,12-13,22-31,42,55-68,122-123,142-143H,3-11,14-21,32-41,43-47,90-91H2,(H2,92,126)(H,109,136)(H,110,127)(H,111,128)(H,112,129)(H,113,133)(H,114,134)(H,115,130)(H,116,131)(H,117,137)(H,118,138)(H,119,132)(H,120,135)(H,124,125)(H4,93,94,103)(H4,95,96,104)(H4,97,98,105)(H4,99,100,106)(H3,101,107,140)(H3,102,108,141)/t55-,56-,57-,58-,59-,60-,61-,62+,63-,64-,65-,66-,67-,68-/m0/s1. The zero-order chi connectivity index (χ0) is 106. The van der Waals surface area contributed by atoms with Gasteiger partial charge < -0.3 is 168 Å². The van der Waals surface area contributed by atoms with Crippen molar-refractivity contribution in [3.8, 4) is 11.5 Å². The lowest BCUT2D eigenvalue weighted by Gasteiger charge is -2.31. The molecule has 0 saturated carbocycles. The van der Waals surface area contributed by atoms with Crippen LogP contribution in [0.4, 0.5) is 9.59 Å². The Labute approximate surface area is 836 Å². The number of carbonyl (C=O) groups is 17. The molecule has 5 rings (SSSR count). The molecule has 54 heteroatoms. The summed E-state index contributed by atoms with van der Waals surface area (Å²) in [5.41, 5.74) is 51.5. The van der Waals surface area contributed by atoms with Crippen molar-refractivity contribution in [3.05, 3.63) is 108 Å². The van der Waals surface area contributed by atoms with Crippen LogP contribution in [-0.2, 0) is 91.2 Å². The first-order valence-electron chi connectivity index (χ1n) is 46.5. The Hall–Kier alpha value is -15.0. The van der Waals surface area contributed by atoms with Crippen LogP contribution in [0.3, 0.4) is 0 Å². The maximum absolute atomic E-state index is 15.2. The number of rotatable bonds is 65. The van der Waals surface area contributed by atoms with Gasteiger partial charge in [-0.15, -0.1) is 0 Å². The molecule has 0 radical (unpaired) electrons. The van der Waals surface area contributed by atoms with Crippen molar-refractivity contribution in [3.63, 3.8) is 0 Å². The second-order valence-corrected chi connectivity index (χ2v) is 34.7. The summed E-state index contributed by atoms with van der Waals surface area (Å²) in [4.78, 5) is 241. The lowest BCUT2D eigenvalue weighted by atomic mass is 10.00. The van der Waals surface area contributed by atoms with Crippen LogP contribution in [0.25, 0.3) is 10.8 Å². The van der Waals surface area contributed by atoms with Gasteiger partial charge in [0.1, 0.15) is 90.0 Å². The van der Waals surface area contributed by atoms with Crippen molar-refractivity contribution >= 4 is 161 Å². The molecule has 43 N–H and O–H groups in total. The number of carboxylic acids is 1. The number of aliphatic carboxylic acids is 1. The molecule has 1 aliphatic heterocycles. The van der Waals surface area contributed by atoms with E-state index in [9.17, 15) is 68.1 Å². The Bertz CT molecular complexity index is 5010. The van der Waals surface area contributed by atoms with Gasteiger partial charge in [-0.25, -0.2) is 9.59 Å². The van der Waals surface area contributed by atoms with E-state index in [1.165, 1.54) is 48.5 Å². The Morgan fingerprint density at radius 2 is 0.671 bits per heavy atom. The molecule has 0 aromatic heterocycles. The normalized spacial score (nSPS) is 14.7. The molecule has 786 valence electrons. The van der Waals surface area contributed by atoms with Gasteiger partial charge in [0.25, 0.3) is 0 Å². The quantitative estimate of drug-likeness (QED) is 0.00845. The van der Waals surface area contributed by atoms with E-state index < -0.39 is 210 Å². The summed E-state index contributed by atoms with van der Waals surface area (Å²) in [7, 11) is 0. The van der Waals surface area contributed by atoms with Crippen molar-refractivity contribution in [1.82, 2.24) is 101 Å². The van der Waals surface area contributed by atoms with Gasteiger partial charge in [-0.1, -0.05) is 66.7 Å². The average molecular weight is 2040 g/mol. The molecule has 1 saturated heterocycles. The molecule has 14 atom stereocenters.